The second-order valence-corrected chi connectivity index (χ2v) is 3.99. The molecule has 1 N–H and O–H groups in total. The molecule has 78 valence electrons. The predicted molar refractivity (Wildman–Crippen MR) is 61.3 cm³/mol. The number of rotatable bonds is 1. The monoisotopic (exact) mass is 230 g/mol. The summed E-state index contributed by atoms with van der Waals surface area (Å²) in [5.41, 5.74) is 1.96. The molecule has 0 saturated carbocycles. The Hall–Kier alpha value is -2.08. The topological polar surface area (TPSA) is 71.5 Å². The number of nitrogens with zero attached hydrogens (tertiary/aromatic N) is 3. The highest BCUT2D eigenvalue weighted by atomic mass is 32.1. The Labute approximate surface area is 93.9 Å². The highest BCUT2D eigenvalue weighted by Gasteiger charge is 2.12. The van der Waals surface area contributed by atoms with Crippen LogP contribution >= 0.6 is 11.5 Å². The van der Waals surface area contributed by atoms with Crippen LogP contribution in [0, 0.1) is 0 Å². The summed E-state index contributed by atoms with van der Waals surface area (Å²) in [6.45, 7) is 0. The van der Waals surface area contributed by atoms with Gasteiger partial charge in [-0.25, -0.2) is 5.10 Å². The van der Waals surface area contributed by atoms with Gasteiger partial charge in [0.05, 0.1) is 0 Å². The van der Waals surface area contributed by atoms with Gasteiger partial charge in [-0.05, 0) is 11.5 Å². The third-order valence-electron chi connectivity index (χ3n) is 2.22. The number of H-pyrrole nitrogens is 1. The Morgan fingerprint density at radius 2 is 2.00 bits per heavy atom. The van der Waals surface area contributed by atoms with E-state index in [2.05, 4.69) is 19.8 Å². The summed E-state index contributed by atoms with van der Waals surface area (Å²) in [6, 6.07) is 9.62. The largest absolute Gasteiger partial charge is 0.286 e. The molecule has 0 spiro atoms. The van der Waals surface area contributed by atoms with Gasteiger partial charge in [0.15, 0.2) is 0 Å². The molecule has 3 rings (SSSR count). The molecule has 1 aromatic carbocycles. The van der Waals surface area contributed by atoms with Crippen molar-refractivity contribution in [3.8, 4) is 11.3 Å². The van der Waals surface area contributed by atoms with Crippen molar-refractivity contribution >= 4 is 21.7 Å². The fourth-order valence-corrected chi connectivity index (χ4v) is 2.21. The molecule has 0 amide bonds. The van der Waals surface area contributed by atoms with Crippen LogP contribution in [0.3, 0.4) is 0 Å². The number of aromatic amines is 1. The molecular weight excluding hydrogens is 224 g/mol. The van der Waals surface area contributed by atoms with Gasteiger partial charge in [-0.2, -0.15) is 4.37 Å². The van der Waals surface area contributed by atoms with E-state index >= 15 is 0 Å². The van der Waals surface area contributed by atoms with Crippen molar-refractivity contribution in [2.75, 3.05) is 0 Å². The van der Waals surface area contributed by atoms with Crippen molar-refractivity contribution in [1.29, 1.82) is 0 Å². The molecule has 5 nitrogen and oxygen atoms in total. The van der Waals surface area contributed by atoms with Gasteiger partial charge in [-0.15, -0.1) is 5.10 Å². The van der Waals surface area contributed by atoms with E-state index in [0.29, 0.717) is 15.9 Å². The molecule has 0 saturated heterocycles. The Balaban J connectivity index is 2.34. The Morgan fingerprint density at radius 3 is 2.81 bits per heavy atom. The van der Waals surface area contributed by atoms with Crippen LogP contribution in [0.25, 0.3) is 21.5 Å². The Bertz CT molecular complexity index is 689. The summed E-state index contributed by atoms with van der Waals surface area (Å²) in [5.74, 6) is 0. The van der Waals surface area contributed by atoms with Crippen molar-refractivity contribution in [3.05, 3.63) is 40.7 Å². The molecule has 0 aliphatic carbocycles. The first-order chi connectivity index (χ1) is 7.86. The smallest absolute Gasteiger partial charge is 0.266 e. The third kappa shape index (κ3) is 1.31. The molecule has 2 aromatic heterocycles. The average Bonchev–Trinajstić information content (AvgIpc) is 2.75. The molecule has 0 radical (unpaired) electrons. The lowest BCUT2D eigenvalue weighted by Gasteiger charge is -1.94. The lowest BCUT2D eigenvalue weighted by Crippen LogP contribution is -2.07. The molecule has 0 bridgehead atoms. The van der Waals surface area contributed by atoms with Crippen molar-refractivity contribution in [3.63, 3.8) is 0 Å². The van der Waals surface area contributed by atoms with Gasteiger partial charge in [0.1, 0.15) is 15.9 Å². The van der Waals surface area contributed by atoms with E-state index in [0.717, 1.165) is 17.1 Å². The van der Waals surface area contributed by atoms with Gasteiger partial charge in [0, 0.05) is 5.56 Å². The standard InChI is InChI=1S/C10H6N4OS/c15-10-9-8(11-14-12-10)7(13-16-9)6-4-2-1-3-5-6/h1-5H,(H,11,12,15). The molecule has 3 aromatic rings. The summed E-state index contributed by atoms with van der Waals surface area (Å²) in [5, 5.41) is 9.76. The van der Waals surface area contributed by atoms with Gasteiger partial charge in [0.2, 0.25) is 0 Å². The minimum Gasteiger partial charge on any atom is -0.266 e. The van der Waals surface area contributed by atoms with E-state index in [9.17, 15) is 4.79 Å². The summed E-state index contributed by atoms with van der Waals surface area (Å²) >= 11 is 1.14. The number of nitrogens with one attached hydrogen (secondary N) is 1. The molecule has 0 aliphatic heterocycles. The fourth-order valence-electron chi connectivity index (χ4n) is 1.48. The first-order valence-corrected chi connectivity index (χ1v) is 5.40. The van der Waals surface area contributed by atoms with Crippen LogP contribution < -0.4 is 5.56 Å². The van der Waals surface area contributed by atoms with Crippen LogP contribution in [0.15, 0.2) is 35.1 Å². The molecule has 0 aliphatic rings. The van der Waals surface area contributed by atoms with Crippen LogP contribution in [0.2, 0.25) is 0 Å². The zero-order valence-corrected chi connectivity index (χ0v) is 8.86. The number of fused-ring (bicyclic) bond motifs is 1. The normalized spacial score (nSPS) is 10.8. The highest BCUT2D eigenvalue weighted by Crippen LogP contribution is 2.26. The molecular formula is C10H6N4OS. The van der Waals surface area contributed by atoms with Gasteiger partial charge in [-0.1, -0.05) is 35.5 Å². The lowest BCUT2D eigenvalue weighted by atomic mass is 10.1. The third-order valence-corrected chi connectivity index (χ3v) is 3.06. The maximum Gasteiger partial charge on any atom is 0.286 e. The van der Waals surface area contributed by atoms with Crippen molar-refractivity contribution in [2.24, 2.45) is 0 Å². The first kappa shape index (κ1) is 9.17. The van der Waals surface area contributed by atoms with E-state index in [1.807, 2.05) is 30.3 Å². The minimum atomic E-state index is -0.246. The minimum absolute atomic E-state index is 0.246. The lowest BCUT2D eigenvalue weighted by molar-refractivity contribution is 0.875. The van der Waals surface area contributed by atoms with E-state index in [-0.39, 0.29) is 5.56 Å². The van der Waals surface area contributed by atoms with Crippen LogP contribution in [-0.2, 0) is 0 Å². The van der Waals surface area contributed by atoms with Crippen molar-refractivity contribution in [2.45, 2.75) is 0 Å². The Kier molecular flexibility index (Phi) is 2.00. The average molecular weight is 230 g/mol. The quantitative estimate of drug-likeness (QED) is 0.686. The summed E-state index contributed by atoms with van der Waals surface area (Å²) in [7, 11) is 0. The summed E-state index contributed by atoms with van der Waals surface area (Å²) < 4.78 is 4.75. The van der Waals surface area contributed by atoms with E-state index in [1.165, 1.54) is 0 Å². The van der Waals surface area contributed by atoms with Crippen molar-refractivity contribution < 1.29 is 0 Å². The zero-order chi connectivity index (χ0) is 11.0. The second-order valence-electron chi connectivity index (χ2n) is 3.22. The van der Waals surface area contributed by atoms with Crippen LogP contribution in [0.1, 0.15) is 0 Å². The molecule has 6 heteroatoms. The van der Waals surface area contributed by atoms with Crippen LogP contribution in [-0.4, -0.2) is 19.8 Å². The number of aromatic nitrogens is 4. The Morgan fingerprint density at radius 1 is 1.19 bits per heavy atom. The SMILES string of the molecule is O=c1[nH]nnc2c(-c3ccccc3)nsc12. The maximum absolute atomic E-state index is 11.4. The number of hydrogen-bond donors (Lipinski definition) is 1. The summed E-state index contributed by atoms with van der Waals surface area (Å²) in [4.78, 5) is 11.4. The molecule has 0 fully saturated rings. The molecule has 0 unspecified atom stereocenters. The molecule has 0 atom stereocenters. The second kappa shape index (κ2) is 3.49. The zero-order valence-electron chi connectivity index (χ0n) is 8.04. The highest BCUT2D eigenvalue weighted by molar-refractivity contribution is 7.13. The predicted octanol–water partition coefficient (Wildman–Crippen LogP) is 1.44. The first-order valence-electron chi connectivity index (χ1n) is 4.62. The van der Waals surface area contributed by atoms with Gasteiger partial charge in [-0.3, -0.25) is 4.79 Å². The maximum atomic E-state index is 11.4. The van der Waals surface area contributed by atoms with Gasteiger partial charge in [0.25, 0.3) is 5.56 Å². The van der Waals surface area contributed by atoms with Gasteiger partial charge >= 0.3 is 0 Å². The van der Waals surface area contributed by atoms with Crippen molar-refractivity contribution in [1.82, 2.24) is 19.8 Å². The fraction of sp³-hybridized carbons (Fsp3) is 0. The van der Waals surface area contributed by atoms with E-state index in [1.54, 1.807) is 0 Å². The number of hydrogen-bond acceptors (Lipinski definition) is 5. The van der Waals surface area contributed by atoms with E-state index < -0.39 is 0 Å². The van der Waals surface area contributed by atoms with Gasteiger partial charge < -0.3 is 0 Å². The molecule has 16 heavy (non-hydrogen) atoms. The number of benzene rings is 1. The van der Waals surface area contributed by atoms with E-state index in [4.69, 9.17) is 0 Å². The van der Waals surface area contributed by atoms with Crippen LogP contribution in [0.4, 0.5) is 0 Å². The summed E-state index contributed by atoms with van der Waals surface area (Å²) in [6.07, 6.45) is 0. The van der Waals surface area contributed by atoms with Crippen LogP contribution in [0.5, 0.6) is 0 Å². The molecule has 2 heterocycles.